The maximum absolute atomic E-state index is 3.16. The number of hydrogen-bond donors (Lipinski definition) is 0. The lowest BCUT2D eigenvalue weighted by molar-refractivity contribution is 0.481. The molecule has 72 valence electrons. The van der Waals surface area contributed by atoms with Crippen LogP contribution in [0.5, 0.6) is 0 Å². The van der Waals surface area contributed by atoms with Gasteiger partial charge in [0.2, 0.25) is 0 Å². The number of unbranched alkanes of at least 4 members (excludes halogenated alkanes) is 1. The molecule has 1 atom stereocenters. The Morgan fingerprint density at radius 2 is 2.46 bits per heavy atom. The lowest BCUT2D eigenvalue weighted by Gasteiger charge is -2.18. The molecule has 1 unspecified atom stereocenters. The Morgan fingerprint density at radius 3 is 3.15 bits per heavy atom. The predicted octanol–water partition coefficient (Wildman–Crippen LogP) is 4.26. The van der Waals surface area contributed by atoms with Crippen molar-refractivity contribution in [2.75, 3.05) is 0 Å². The van der Waals surface area contributed by atoms with Gasteiger partial charge in [-0.1, -0.05) is 31.8 Å². The zero-order valence-electron chi connectivity index (χ0n) is 8.28. The van der Waals surface area contributed by atoms with E-state index in [1.807, 2.05) is 0 Å². The third-order valence-electron chi connectivity index (χ3n) is 2.59. The first-order valence-electron chi connectivity index (χ1n) is 5.19. The summed E-state index contributed by atoms with van der Waals surface area (Å²) in [4.78, 5) is 2.81. The molecule has 0 saturated carbocycles. The molecular weight excluding hydrogens is 224 g/mol. The highest BCUT2D eigenvalue weighted by molar-refractivity contribution is 9.12. The average Bonchev–Trinajstić information content (AvgIpc) is 2.16. The summed E-state index contributed by atoms with van der Waals surface area (Å²) in [5.74, 6) is 3.92. The third-order valence-corrected chi connectivity index (χ3v) is 2.79. The van der Waals surface area contributed by atoms with Gasteiger partial charge in [0, 0.05) is 15.9 Å². The Morgan fingerprint density at radius 1 is 1.62 bits per heavy atom. The molecule has 0 fully saturated rings. The van der Waals surface area contributed by atoms with E-state index in [0.29, 0.717) is 0 Å². The van der Waals surface area contributed by atoms with E-state index in [1.54, 1.807) is 0 Å². The molecule has 1 heteroatoms. The van der Waals surface area contributed by atoms with Crippen LogP contribution >= 0.6 is 15.9 Å². The highest BCUT2D eigenvalue weighted by Crippen LogP contribution is 2.26. The van der Waals surface area contributed by atoms with Crippen molar-refractivity contribution in [1.29, 1.82) is 0 Å². The van der Waals surface area contributed by atoms with Crippen LogP contribution in [-0.2, 0) is 0 Å². The number of rotatable bonds is 3. The van der Waals surface area contributed by atoms with Gasteiger partial charge in [0.05, 0.1) is 0 Å². The van der Waals surface area contributed by atoms with Crippen LogP contribution in [0, 0.1) is 16.7 Å². The molecule has 0 aromatic heterocycles. The molecule has 0 radical (unpaired) electrons. The second-order valence-corrected chi connectivity index (χ2v) is 4.10. The molecule has 0 heterocycles. The normalized spacial score (nSPS) is 21.7. The van der Waals surface area contributed by atoms with Gasteiger partial charge in [0.1, 0.15) is 0 Å². The van der Waals surface area contributed by atoms with Gasteiger partial charge in [-0.2, -0.15) is 0 Å². The van der Waals surface area contributed by atoms with Crippen molar-refractivity contribution in [3.63, 3.8) is 0 Å². The highest BCUT2D eigenvalue weighted by atomic mass is 79.9. The van der Waals surface area contributed by atoms with Crippen molar-refractivity contribution in [2.45, 2.75) is 45.4 Å². The van der Waals surface area contributed by atoms with E-state index in [0.717, 1.165) is 5.92 Å². The molecule has 0 aliphatic heterocycles. The molecule has 0 spiro atoms. The van der Waals surface area contributed by atoms with E-state index < -0.39 is 0 Å². The Hall–Kier alpha value is -0.220. The fourth-order valence-electron chi connectivity index (χ4n) is 1.86. The average molecular weight is 241 g/mol. The van der Waals surface area contributed by atoms with Crippen molar-refractivity contribution >= 4 is 15.9 Å². The molecule has 0 N–H and O–H groups in total. The summed E-state index contributed by atoms with van der Waals surface area (Å²) in [5.41, 5.74) is 1.34. The molecule has 0 aromatic carbocycles. The van der Waals surface area contributed by atoms with Crippen LogP contribution in [0.1, 0.15) is 45.4 Å². The van der Waals surface area contributed by atoms with Crippen molar-refractivity contribution in [3.8, 4) is 10.8 Å². The standard InChI is InChI=1S/C12H17Br/c1-2-3-5-11-6-4-7-12(10-11)8-9-13/h10-11H,2-7H2,1H3. The molecular formula is C12H17Br. The molecule has 0 bridgehead atoms. The van der Waals surface area contributed by atoms with E-state index in [-0.39, 0.29) is 0 Å². The zero-order valence-corrected chi connectivity index (χ0v) is 9.86. The maximum atomic E-state index is 3.16. The monoisotopic (exact) mass is 240 g/mol. The minimum absolute atomic E-state index is 0.803. The molecule has 0 amide bonds. The SMILES string of the molecule is CCCCC1C=C(C#CBr)CCC1. The summed E-state index contributed by atoms with van der Waals surface area (Å²) in [6, 6.07) is 0. The summed E-state index contributed by atoms with van der Waals surface area (Å²) in [5, 5.41) is 0. The lowest BCUT2D eigenvalue weighted by atomic mass is 9.87. The molecule has 1 rings (SSSR count). The van der Waals surface area contributed by atoms with Crippen LogP contribution in [0.3, 0.4) is 0 Å². The van der Waals surface area contributed by atoms with E-state index in [2.05, 4.69) is 39.7 Å². The Labute approximate surface area is 89.9 Å². The third kappa shape index (κ3) is 4.00. The minimum Gasteiger partial charge on any atom is -0.0698 e. The molecule has 0 aromatic rings. The summed E-state index contributed by atoms with van der Waals surface area (Å²) < 4.78 is 0. The van der Waals surface area contributed by atoms with Crippen molar-refractivity contribution < 1.29 is 0 Å². The van der Waals surface area contributed by atoms with Crippen LogP contribution in [0.15, 0.2) is 11.6 Å². The maximum Gasteiger partial charge on any atom is 0.0110 e. The molecule has 1 aliphatic carbocycles. The van der Waals surface area contributed by atoms with Gasteiger partial charge in [0.15, 0.2) is 0 Å². The van der Waals surface area contributed by atoms with Gasteiger partial charge in [0.25, 0.3) is 0 Å². The highest BCUT2D eigenvalue weighted by Gasteiger charge is 2.11. The van der Waals surface area contributed by atoms with Gasteiger partial charge >= 0.3 is 0 Å². The predicted molar refractivity (Wildman–Crippen MR) is 61.7 cm³/mol. The molecule has 1 aliphatic rings. The first-order chi connectivity index (χ1) is 6.36. The second-order valence-electron chi connectivity index (χ2n) is 3.71. The van der Waals surface area contributed by atoms with E-state index in [9.17, 15) is 0 Å². The summed E-state index contributed by atoms with van der Waals surface area (Å²) >= 11 is 3.16. The van der Waals surface area contributed by atoms with Gasteiger partial charge in [-0.05, 0) is 42.0 Å². The van der Waals surface area contributed by atoms with Crippen LogP contribution in [0.25, 0.3) is 0 Å². The van der Waals surface area contributed by atoms with Gasteiger partial charge in [-0.3, -0.25) is 0 Å². The van der Waals surface area contributed by atoms with E-state index in [1.165, 1.54) is 44.1 Å². The first kappa shape index (κ1) is 10.9. The van der Waals surface area contributed by atoms with Crippen molar-refractivity contribution in [3.05, 3.63) is 11.6 Å². The molecule has 13 heavy (non-hydrogen) atoms. The summed E-state index contributed by atoms with van der Waals surface area (Å²) in [6.07, 6.45) is 10.3. The molecule has 0 saturated heterocycles. The van der Waals surface area contributed by atoms with E-state index in [4.69, 9.17) is 0 Å². The fourth-order valence-corrected chi connectivity index (χ4v) is 2.12. The summed E-state index contributed by atoms with van der Waals surface area (Å²) in [7, 11) is 0. The molecule has 0 nitrogen and oxygen atoms in total. The zero-order chi connectivity index (χ0) is 9.52. The van der Waals surface area contributed by atoms with E-state index >= 15 is 0 Å². The minimum atomic E-state index is 0.803. The number of hydrogen-bond acceptors (Lipinski definition) is 0. The van der Waals surface area contributed by atoms with Gasteiger partial charge in [-0.25, -0.2) is 0 Å². The lowest BCUT2D eigenvalue weighted by Crippen LogP contribution is -2.03. The number of allylic oxidation sites excluding steroid dienone is 2. The van der Waals surface area contributed by atoms with Crippen LogP contribution in [0.4, 0.5) is 0 Å². The van der Waals surface area contributed by atoms with Crippen LogP contribution in [-0.4, -0.2) is 0 Å². The quantitative estimate of drug-likeness (QED) is 0.647. The van der Waals surface area contributed by atoms with Crippen molar-refractivity contribution in [1.82, 2.24) is 0 Å². The van der Waals surface area contributed by atoms with Gasteiger partial charge in [-0.15, -0.1) is 0 Å². The Balaban J connectivity index is 2.45. The number of halogens is 1. The summed E-state index contributed by atoms with van der Waals surface area (Å²) in [6.45, 7) is 2.26. The van der Waals surface area contributed by atoms with Crippen LogP contribution < -0.4 is 0 Å². The smallest absolute Gasteiger partial charge is 0.0110 e. The van der Waals surface area contributed by atoms with Crippen LogP contribution in [0.2, 0.25) is 0 Å². The van der Waals surface area contributed by atoms with Crippen molar-refractivity contribution in [2.24, 2.45) is 5.92 Å². The van der Waals surface area contributed by atoms with Gasteiger partial charge < -0.3 is 0 Å². The Kier molecular flexibility index (Phi) is 5.23. The first-order valence-corrected chi connectivity index (χ1v) is 5.98. The fraction of sp³-hybridized carbons (Fsp3) is 0.667. The Bertz CT molecular complexity index is 229. The largest absolute Gasteiger partial charge is 0.0698 e. The topological polar surface area (TPSA) is 0 Å². The second kappa shape index (κ2) is 6.27.